The summed E-state index contributed by atoms with van der Waals surface area (Å²) in [6, 6.07) is 0. The predicted octanol–water partition coefficient (Wildman–Crippen LogP) is 2.43. The second-order valence-corrected chi connectivity index (χ2v) is 3.25. The average Bonchev–Trinajstić information content (AvgIpc) is 2.25. The van der Waals surface area contributed by atoms with Gasteiger partial charge in [0, 0.05) is 11.8 Å². The highest BCUT2D eigenvalue weighted by Gasteiger charge is 2.36. The van der Waals surface area contributed by atoms with Crippen LogP contribution < -0.4 is 9.47 Å². The first-order valence-corrected chi connectivity index (χ1v) is 4.94. The number of aromatic carboxylic acids is 1. The Morgan fingerprint density at radius 3 is 2.50 bits per heavy atom. The lowest BCUT2D eigenvalue weighted by molar-refractivity contribution is -0.275. The fraction of sp³-hybridized carbons (Fsp3) is 0.333. The molecule has 1 aromatic rings. The molecule has 0 saturated carbocycles. The molecule has 0 amide bonds. The highest BCUT2D eigenvalue weighted by molar-refractivity contribution is 6.17. The zero-order chi connectivity index (χ0) is 13.9. The van der Waals surface area contributed by atoms with Crippen LogP contribution in [0.3, 0.4) is 0 Å². The third-order valence-corrected chi connectivity index (χ3v) is 2.12. The van der Waals surface area contributed by atoms with E-state index in [0.717, 1.165) is 13.3 Å². The van der Waals surface area contributed by atoms with E-state index in [1.807, 2.05) is 0 Å². The van der Waals surface area contributed by atoms with Crippen LogP contribution in [0.1, 0.15) is 16.1 Å². The van der Waals surface area contributed by atoms with Crippen molar-refractivity contribution in [1.82, 2.24) is 4.98 Å². The molecule has 9 heteroatoms. The van der Waals surface area contributed by atoms with Gasteiger partial charge in [-0.05, 0) is 0 Å². The van der Waals surface area contributed by atoms with Crippen molar-refractivity contribution in [3.8, 4) is 11.5 Å². The zero-order valence-electron chi connectivity index (χ0n) is 8.92. The number of alkyl halides is 4. The van der Waals surface area contributed by atoms with Crippen molar-refractivity contribution in [2.45, 2.75) is 12.2 Å². The van der Waals surface area contributed by atoms with Gasteiger partial charge in [-0.3, -0.25) is 0 Å². The van der Waals surface area contributed by atoms with Crippen LogP contribution in [0.15, 0.2) is 6.20 Å². The Morgan fingerprint density at radius 2 is 2.11 bits per heavy atom. The first kappa shape index (κ1) is 14.4. The van der Waals surface area contributed by atoms with Crippen LogP contribution in [-0.2, 0) is 5.88 Å². The normalized spacial score (nSPS) is 11.2. The molecule has 1 N–H and O–H groups in total. The summed E-state index contributed by atoms with van der Waals surface area (Å²) < 4.78 is 44.9. The number of halogens is 4. The van der Waals surface area contributed by atoms with Crippen LogP contribution in [0.2, 0.25) is 0 Å². The summed E-state index contributed by atoms with van der Waals surface area (Å²) in [5.41, 5.74) is -0.818. The number of carbonyl (C=O) groups is 1. The molecule has 0 aliphatic heterocycles. The average molecular weight is 286 g/mol. The number of carboxylic acid groups (broad SMARTS) is 1. The number of pyridine rings is 1. The fourth-order valence-electron chi connectivity index (χ4n) is 1.19. The van der Waals surface area contributed by atoms with Crippen molar-refractivity contribution in [2.75, 3.05) is 7.11 Å². The van der Waals surface area contributed by atoms with E-state index in [1.165, 1.54) is 0 Å². The van der Waals surface area contributed by atoms with E-state index in [-0.39, 0.29) is 11.4 Å². The zero-order valence-corrected chi connectivity index (χ0v) is 9.67. The standard InChI is InChI=1S/C9H7ClF3NO4/c1-17-6-4(2-10)3-14-5(8(15)16)7(6)18-9(11,12)13/h3H,2H2,1H3,(H,15,16). The third kappa shape index (κ3) is 3.16. The van der Waals surface area contributed by atoms with Gasteiger partial charge in [-0.1, -0.05) is 0 Å². The second kappa shape index (κ2) is 5.30. The lowest BCUT2D eigenvalue weighted by atomic mass is 10.2. The third-order valence-electron chi connectivity index (χ3n) is 1.83. The largest absolute Gasteiger partial charge is 0.573 e. The molecular formula is C9H7ClF3NO4. The van der Waals surface area contributed by atoms with E-state index in [2.05, 4.69) is 9.72 Å². The summed E-state index contributed by atoms with van der Waals surface area (Å²) >= 11 is 5.48. The molecule has 0 unspecified atom stereocenters. The molecular weight excluding hydrogens is 279 g/mol. The van der Waals surface area contributed by atoms with Crippen molar-refractivity contribution in [2.24, 2.45) is 0 Å². The van der Waals surface area contributed by atoms with Crippen LogP contribution in [0.25, 0.3) is 0 Å². The lowest BCUT2D eigenvalue weighted by Gasteiger charge is -2.15. The van der Waals surface area contributed by atoms with Gasteiger partial charge >= 0.3 is 12.3 Å². The van der Waals surface area contributed by atoms with Crippen LogP contribution in [0, 0.1) is 0 Å². The number of aromatic nitrogens is 1. The van der Waals surface area contributed by atoms with Gasteiger partial charge < -0.3 is 14.6 Å². The fourth-order valence-corrected chi connectivity index (χ4v) is 1.39. The Labute approximate surface area is 104 Å². The minimum Gasteiger partial charge on any atom is -0.492 e. The highest BCUT2D eigenvalue weighted by atomic mass is 35.5. The van der Waals surface area contributed by atoms with E-state index >= 15 is 0 Å². The van der Waals surface area contributed by atoms with Gasteiger partial charge in [0.1, 0.15) is 0 Å². The van der Waals surface area contributed by atoms with Gasteiger partial charge in [-0.25, -0.2) is 9.78 Å². The van der Waals surface area contributed by atoms with Crippen molar-refractivity contribution in [3.63, 3.8) is 0 Å². The molecule has 0 atom stereocenters. The predicted molar refractivity (Wildman–Crippen MR) is 54.0 cm³/mol. The summed E-state index contributed by atoms with van der Waals surface area (Å²) in [6.45, 7) is 0. The minimum absolute atomic E-state index is 0.0865. The summed E-state index contributed by atoms with van der Waals surface area (Å²) in [6.07, 6.45) is -4.05. The Bertz CT molecular complexity index is 464. The molecule has 0 saturated heterocycles. The van der Waals surface area contributed by atoms with Crippen molar-refractivity contribution >= 4 is 17.6 Å². The topological polar surface area (TPSA) is 68.7 Å². The second-order valence-electron chi connectivity index (χ2n) is 2.98. The molecule has 0 spiro atoms. The molecule has 0 aliphatic rings. The number of carboxylic acids is 1. The van der Waals surface area contributed by atoms with Gasteiger partial charge in [0.25, 0.3) is 0 Å². The molecule has 0 aliphatic carbocycles. The first-order chi connectivity index (χ1) is 8.30. The number of hydrogen-bond acceptors (Lipinski definition) is 4. The minimum atomic E-state index is -5.07. The van der Waals surface area contributed by atoms with Crippen LogP contribution in [-0.4, -0.2) is 29.5 Å². The Morgan fingerprint density at radius 1 is 1.50 bits per heavy atom. The molecule has 1 heterocycles. The van der Waals surface area contributed by atoms with E-state index < -0.39 is 29.5 Å². The number of methoxy groups -OCH3 is 1. The number of rotatable bonds is 4. The Balaban J connectivity index is 3.43. The first-order valence-electron chi connectivity index (χ1n) is 4.41. The molecule has 0 fully saturated rings. The van der Waals surface area contributed by atoms with E-state index in [4.69, 9.17) is 21.4 Å². The number of nitrogens with zero attached hydrogens (tertiary/aromatic N) is 1. The molecule has 5 nitrogen and oxygen atoms in total. The van der Waals surface area contributed by atoms with Crippen LogP contribution in [0.4, 0.5) is 13.2 Å². The van der Waals surface area contributed by atoms with E-state index in [1.54, 1.807) is 0 Å². The molecule has 0 aromatic carbocycles. The molecule has 1 aromatic heterocycles. The van der Waals surface area contributed by atoms with Crippen molar-refractivity contribution < 1.29 is 32.5 Å². The van der Waals surface area contributed by atoms with E-state index in [9.17, 15) is 18.0 Å². The highest BCUT2D eigenvalue weighted by Crippen LogP contribution is 2.37. The molecule has 0 bridgehead atoms. The van der Waals surface area contributed by atoms with Gasteiger partial charge in [0.05, 0.1) is 13.0 Å². The number of ether oxygens (including phenoxy) is 2. The molecule has 18 heavy (non-hydrogen) atoms. The maximum absolute atomic E-state index is 12.2. The summed E-state index contributed by atoms with van der Waals surface area (Å²) in [4.78, 5) is 14.1. The van der Waals surface area contributed by atoms with Crippen LogP contribution >= 0.6 is 11.6 Å². The lowest BCUT2D eigenvalue weighted by Crippen LogP contribution is -2.20. The number of hydrogen-bond donors (Lipinski definition) is 1. The smallest absolute Gasteiger partial charge is 0.492 e. The van der Waals surface area contributed by atoms with Gasteiger partial charge in [-0.15, -0.1) is 24.8 Å². The SMILES string of the molecule is COc1c(CCl)cnc(C(=O)O)c1OC(F)(F)F. The van der Waals surface area contributed by atoms with Crippen molar-refractivity contribution in [1.29, 1.82) is 0 Å². The van der Waals surface area contributed by atoms with Gasteiger partial charge in [-0.2, -0.15) is 0 Å². The van der Waals surface area contributed by atoms with Crippen molar-refractivity contribution in [3.05, 3.63) is 17.5 Å². The Kier molecular flexibility index (Phi) is 4.23. The summed E-state index contributed by atoms with van der Waals surface area (Å²) in [7, 11) is 1.07. The van der Waals surface area contributed by atoms with Gasteiger partial charge in [0.15, 0.2) is 11.4 Å². The summed E-state index contributed by atoms with van der Waals surface area (Å²) in [5, 5.41) is 8.75. The van der Waals surface area contributed by atoms with E-state index in [0.29, 0.717) is 0 Å². The molecule has 100 valence electrons. The van der Waals surface area contributed by atoms with Gasteiger partial charge in [0.2, 0.25) is 5.75 Å². The maximum Gasteiger partial charge on any atom is 0.573 e. The quantitative estimate of drug-likeness (QED) is 0.861. The van der Waals surface area contributed by atoms with Crippen LogP contribution in [0.5, 0.6) is 11.5 Å². The maximum atomic E-state index is 12.2. The monoisotopic (exact) mass is 285 g/mol. The molecule has 0 radical (unpaired) electrons. The molecule has 1 rings (SSSR count). The summed E-state index contributed by atoms with van der Waals surface area (Å²) in [5.74, 6) is -3.30. The Hall–Kier alpha value is -1.70.